The van der Waals surface area contributed by atoms with Gasteiger partial charge in [-0.3, -0.25) is 4.79 Å². The lowest BCUT2D eigenvalue weighted by atomic mass is 9.86. The Bertz CT molecular complexity index is 366. The topological polar surface area (TPSA) is 17.1 Å². The summed E-state index contributed by atoms with van der Waals surface area (Å²) in [7, 11) is 0. The average molecular weight is 276 g/mol. The van der Waals surface area contributed by atoms with Crippen molar-refractivity contribution >= 4 is 33.3 Å². The largest absolute Gasteiger partial charge is 0.294 e. The van der Waals surface area contributed by atoms with Crippen LogP contribution in [0, 0.1) is 5.41 Å². The molecule has 0 aliphatic carbocycles. The highest BCUT2D eigenvalue weighted by atomic mass is 79.9. The second kappa shape index (κ2) is 4.03. The van der Waals surface area contributed by atoms with E-state index in [1.807, 2.05) is 20.8 Å². The zero-order chi connectivity index (χ0) is 10.9. The summed E-state index contributed by atoms with van der Waals surface area (Å²) in [5, 5.41) is 0.570. The first-order chi connectivity index (χ1) is 6.34. The maximum Gasteiger partial charge on any atom is 0.169 e. The van der Waals surface area contributed by atoms with Gasteiger partial charge >= 0.3 is 0 Å². The zero-order valence-corrected chi connectivity index (χ0v) is 10.7. The molecule has 3 heteroatoms. The van der Waals surface area contributed by atoms with Crippen molar-refractivity contribution in [3.63, 3.8) is 0 Å². The lowest BCUT2D eigenvalue weighted by Gasteiger charge is -2.17. The van der Waals surface area contributed by atoms with Crippen LogP contribution in [0.15, 0.2) is 22.7 Å². The first kappa shape index (κ1) is 11.7. The molecule has 0 aromatic heterocycles. The number of hydrogen-bond donors (Lipinski definition) is 0. The van der Waals surface area contributed by atoms with Gasteiger partial charge in [0.1, 0.15) is 0 Å². The van der Waals surface area contributed by atoms with E-state index in [9.17, 15) is 4.79 Å². The Morgan fingerprint density at radius 1 is 1.36 bits per heavy atom. The van der Waals surface area contributed by atoms with Crippen LogP contribution in [0.5, 0.6) is 0 Å². The van der Waals surface area contributed by atoms with Crippen LogP contribution < -0.4 is 0 Å². The zero-order valence-electron chi connectivity index (χ0n) is 8.40. The van der Waals surface area contributed by atoms with Crippen LogP contribution in [0.2, 0.25) is 5.02 Å². The molecule has 0 N–H and O–H groups in total. The van der Waals surface area contributed by atoms with Crippen LogP contribution in [-0.4, -0.2) is 5.78 Å². The fraction of sp³-hybridized carbons (Fsp3) is 0.364. The van der Waals surface area contributed by atoms with Gasteiger partial charge < -0.3 is 0 Å². The highest BCUT2D eigenvalue weighted by molar-refractivity contribution is 9.10. The van der Waals surface area contributed by atoms with Gasteiger partial charge in [0.15, 0.2) is 5.78 Å². The van der Waals surface area contributed by atoms with E-state index >= 15 is 0 Å². The van der Waals surface area contributed by atoms with Crippen molar-refractivity contribution in [3.8, 4) is 0 Å². The van der Waals surface area contributed by atoms with E-state index in [1.54, 1.807) is 18.2 Å². The summed E-state index contributed by atoms with van der Waals surface area (Å²) in [6.07, 6.45) is 0. The van der Waals surface area contributed by atoms with E-state index in [2.05, 4.69) is 15.9 Å². The Morgan fingerprint density at radius 2 is 1.93 bits per heavy atom. The quantitative estimate of drug-likeness (QED) is 0.697. The predicted molar refractivity (Wildman–Crippen MR) is 62.9 cm³/mol. The molecule has 0 aliphatic heterocycles. The third kappa shape index (κ3) is 2.37. The Labute approximate surface area is 97.6 Å². The Kier molecular flexibility index (Phi) is 3.38. The maximum atomic E-state index is 12.0. The van der Waals surface area contributed by atoms with Crippen LogP contribution in [0.25, 0.3) is 0 Å². The lowest BCUT2D eigenvalue weighted by Crippen LogP contribution is -2.20. The van der Waals surface area contributed by atoms with Crippen molar-refractivity contribution in [1.29, 1.82) is 0 Å². The van der Waals surface area contributed by atoms with E-state index < -0.39 is 0 Å². The van der Waals surface area contributed by atoms with Gasteiger partial charge in [0.05, 0.1) is 5.02 Å². The monoisotopic (exact) mass is 274 g/mol. The molecule has 0 fully saturated rings. The number of ketones is 1. The van der Waals surface area contributed by atoms with Crippen LogP contribution in [0.3, 0.4) is 0 Å². The van der Waals surface area contributed by atoms with Crippen LogP contribution in [0.1, 0.15) is 31.1 Å². The molecule has 0 unspecified atom stereocenters. The van der Waals surface area contributed by atoms with E-state index in [-0.39, 0.29) is 11.2 Å². The van der Waals surface area contributed by atoms with Crippen LogP contribution in [0.4, 0.5) is 0 Å². The minimum Gasteiger partial charge on any atom is -0.294 e. The fourth-order valence-corrected chi connectivity index (χ4v) is 1.70. The van der Waals surface area contributed by atoms with Crippen LogP contribution in [-0.2, 0) is 0 Å². The summed E-state index contributed by atoms with van der Waals surface area (Å²) in [6.45, 7) is 5.67. The molecule has 14 heavy (non-hydrogen) atoms. The van der Waals surface area contributed by atoms with E-state index in [0.717, 1.165) is 0 Å². The highest BCUT2D eigenvalue weighted by Crippen LogP contribution is 2.30. The van der Waals surface area contributed by atoms with Crippen LogP contribution >= 0.6 is 27.5 Å². The number of carbonyl (C=O) groups is 1. The summed E-state index contributed by atoms with van der Waals surface area (Å²) in [6, 6.07) is 5.32. The van der Waals surface area contributed by atoms with Gasteiger partial charge in [0, 0.05) is 15.5 Å². The predicted octanol–water partition coefficient (Wildman–Crippen LogP) is 4.33. The number of hydrogen-bond acceptors (Lipinski definition) is 1. The van der Waals surface area contributed by atoms with Gasteiger partial charge in [-0.05, 0) is 22.0 Å². The molecule has 0 bridgehead atoms. The van der Waals surface area contributed by atoms with Crippen molar-refractivity contribution in [2.45, 2.75) is 20.8 Å². The number of halogens is 2. The van der Waals surface area contributed by atoms with Crippen molar-refractivity contribution in [2.24, 2.45) is 5.41 Å². The first-order valence-electron chi connectivity index (χ1n) is 4.33. The number of rotatable bonds is 1. The smallest absolute Gasteiger partial charge is 0.169 e. The van der Waals surface area contributed by atoms with E-state index in [0.29, 0.717) is 15.1 Å². The summed E-state index contributed by atoms with van der Waals surface area (Å²) in [5.41, 5.74) is 0.262. The second-order valence-corrected chi connectivity index (χ2v) is 5.38. The molecule has 0 saturated carbocycles. The van der Waals surface area contributed by atoms with Crippen molar-refractivity contribution < 1.29 is 4.79 Å². The summed E-state index contributed by atoms with van der Waals surface area (Å²) < 4.78 is 0.682. The molecule has 0 atom stereocenters. The molecular weight excluding hydrogens is 263 g/mol. The molecule has 0 amide bonds. The molecule has 1 rings (SSSR count). The standard InChI is InChI=1S/C11H12BrClO/c1-11(2,3)10(14)7-5-4-6-8(13)9(7)12/h4-6H,1-3H3. The average Bonchev–Trinajstić information content (AvgIpc) is 2.07. The summed E-state index contributed by atoms with van der Waals surface area (Å²) in [5.74, 6) is 0.0897. The van der Waals surface area contributed by atoms with Gasteiger partial charge in [-0.25, -0.2) is 0 Å². The molecule has 1 aromatic rings. The molecular formula is C11H12BrClO. The first-order valence-corrected chi connectivity index (χ1v) is 5.50. The molecule has 76 valence electrons. The summed E-state index contributed by atoms with van der Waals surface area (Å²) in [4.78, 5) is 12.0. The Morgan fingerprint density at radius 3 is 2.43 bits per heavy atom. The van der Waals surface area contributed by atoms with Gasteiger partial charge in [-0.2, -0.15) is 0 Å². The third-order valence-electron chi connectivity index (χ3n) is 1.88. The number of Topliss-reactive ketones (excluding diaryl/α,β-unsaturated/α-hetero) is 1. The Hall–Kier alpha value is -0.340. The number of carbonyl (C=O) groups excluding carboxylic acids is 1. The number of benzene rings is 1. The minimum absolute atomic E-state index is 0.0897. The molecule has 0 saturated heterocycles. The molecule has 0 spiro atoms. The summed E-state index contributed by atoms with van der Waals surface area (Å²) >= 11 is 9.23. The minimum atomic E-state index is -0.382. The van der Waals surface area contributed by atoms with Gasteiger partial charge in [-0.1, -0.05) is 44.5 Å². The van der Waals surface area contributed by atoms with Gasteiger partial charge in [0.25, 0.3) is 0 Å². The van der Waals surface area contributed by atoms with Crippen molar-refractivity contribution in [2.75, 3.05) is 0 Å². The van der Waals surface area contributed by atoms with Gasteiger partial charge in [0.2, 0.25) is 0 Å². The van der Waals surface area contributed by atoms with Crippen molar-refractivity contribution in [1.82, 2.24) is 0 Å². The van der Waals surface area contributed by atoms with Crippen molar-refractivity contribution in [3.05, 3.63) is 33.3 Å². The highest BCUT2D eigenvalue weighted by Gasteiger charge is 2.25. The van der Waals surface area contributed by atoms with Gasteiger partial charge in [-0.15, -0.1) is 0 Å². The SMILES string of the molecule is CC(C)(C)C(=O)c1cccc(Cl)c1Br. The normalized spacial score (nSPS) is 11.5. The molecule has 0 heterocycles. The second-order valence-electron chi connectivity index (χ2n) is 4.18. The molecule has 0 aliphatic rings. The van der Waals surface area contributed by atoms with E-state index in [4.69, 9.17) is 11.6 Å². The third-order valence-corrected chi connectivity index (χ3v) is 3.27. The molecule has 1 aromatic carbocycles. The van der Waals surface area contributed by atoms with E-state index in [1.165, 1.54) is 0 Å². The molecule has 1 nitrogen and oxygen atoms in total. The molecule has 0 radical (unpaired) electrons. The fourth-order valence-electron chi connectivity index (χ4n) is 1.08. The Balaban J connectivity index is 3.21. The maximum absolute atomic E-state index is 12.0. The lowest BCUT2D eigenvalue weighted by molar-refractivity contribution is 0.0857.